The Kier molecular flexibility index (Phi) is 12.1. The average molecular weight is 687 g/mol. The molecule has 48 heavy (non-hydrogen) atoms. The molecule has 1 fully saturated rings. The number of amidine groups is 1. The number of hydrogen-bond donors (Lipinski definition) is 4. The lowest BCUT2D eigenvalue weighted by molar-refractivity contribution is -0.160. The Bertz CT molecular complexity index is 1650. The molecule has 1 aromatic heterocycles. The molecule has 254 valence electrons. The van der Waals surface area contributed by atoms with Gasteiger partial charge in [0.1, 0.15) is 23.6 Å². The summed E-state index contributed by atoms with van der Waals surface area (Å²) in [5.74, 6) is -2.56. The van der Waals surface area contributed by atoms with Gasteiger partial charge in [0.2, 0.25) is 17.7 Å². The van der Waals surface area contributed by atoms with Gasteiger partial charge in [-0.1, -0.05) is 23.4 Å². The van der Waals surface area contributed by atoms with Crippen molar-refractivity contribution in [3.8, 4) is 11.5 Å². The molecule has 0 spiro atoms. The maximum Gasteiger partial charge on any atom is 0.345 e. The first-order valence-electron chi connectivity index (χ1n) is 14.4. The Morgan fingerprint density at radius 1 is 1.04 bits per heavy atom. The van der Waals surface area contributed by atoms with Crippen LogP contribution >= 0.6 is 11.3 Å². The van der Waals surface area contributed by atoms with Gasteiger partial charge in [-0.25, -0.2) is 4.79 Å². The third-order valence-corrected chi connectivity index (χ3v) is 7.94. The molecule has 17 heteroatoms. The van der Waals surface area contributed by atoms with Gasteiger partial charge in [0.25, 0.3) is 5.91 Å². The highest BCUT2D eigenvalue weighted by molar-refractivity contribution is 7.10. The van der Waals surface area contributed by atoms with Crippen LogP contribution in [0.3, 0.4) is 0 Å². The summed E-state index contributed by atoms with van der Waals surface area (Å²) in [4.78, 5) is 69.2. The first-order chi connectivity index (χ1) is 22.9. The Labute approximate surface area is 277 Å². The van der Waals surface area contributed by atoms with E-state index in [2.05, 4.69) is 30.7 Å². The summed E-state index contributed by atoms with van der Waals surface area (Å²) in [6.07, 6.45) is -1.49. The van der Waals surface area contributed by atoms with E-state index >= 15 is 0 Å². The first-order valence-corrected chi connectivity index (χ1v) is 15.3. The van der Waals surface area contributed by atoms with Crippen molar-refractivity contribution in [1.29, 1.82) is 0 Å². The molecule has 0 aliphatic carbocycles. The van der Waals surface area contributed by atoms with Crippen LogP contribution in [0.4, 0.5) is 8.78 Å². The minimum Gasteiger partial charge on any atom is -0.457 e. The van der Waals surface area contributed by atoms with Gasteiger partial charge in [-0.2, -0.15) is 8.78 Å². The largest absolute Gasteiger partial charge is 0.457 e. The van der Waals surface area contributed by atoms with Crippen LogP contribution in [0.1, 0.15) is 40.2 Å². The second-order valence-corrected chi connectivity index (χ2v) is 11.2. The lowest BCUT2D eigenvalue weighted by Gasteiger charge is -2.25. The van der Waals surface area contributed by atoms with Crippen LogP contribution in [0.25, 0.3) is 0 Å². The van der Waals surface area contributed by atoms with Gasteiger partial charge in [0.15, 0.2) is 5.84 Å². The predicted octanol–water partition coefficient (Wildman–Crippen LogP) is 2.27. The number of hydrogen-bond acceptors (Lipinski definition) is 10. The summed E-state index contributed by atoms with van der Waals surface area (Å²) < 4.78 is 36.5. The molecule has 3 unspecified atom stereocenters. The molecule has 1 aliphatic heterocycles. The van der Waals surface area contributed by atoms with Crippen molar-refractivity contribution < 1.29 is 47.1 Å². The molecule has 4 amide bonds. The summed E-state index contributed by atoms with van der Waals surface area (Å²) in [5.41, 5.74) is 6.36. The molecule has 2 heterocycles. The number of benzene rings is 2. The molecular weight excluding hydrogens is 654 g/mol. The van der Waals surface area contributed by atoms with E-state index in [9.17, 15) is 32.8 Å². The van der Waals surface area contributed by atoms with E-state index in [0.717, 1.165) is 23.2 Å². The highest BCUT2D eigenvalue weighted by Crippen LogP contribution is 2.27. The van der Waals surface area contributed by atoms with Gasteiger partial charge in [-0.3, -0.25) is 19.2 Å². The predicted molar refractivity (Wildman–Crippen MR) is 168 cm³/mol. The van der Waals surface area contributed by atoms with E-state index in [-0.39, 0.29) is 24.4 Å². The summed E-state index contributed by atoms with van der Waals surface area (Å²) >= 11 is 1.04. The number of amides is 4. The fourth-order valence-corrected chi connectivity index (χ4v) is 5.63. The number of ether oxygens (including phenoxy) is 2. The molecule has 5 N–H and O–H groups in total. The number of rotatable bonds is 13. The minimum atomic E-state index is -3.16. The minimum absolute atomic E-state index is 0.159. The zero-order valence-electron chi connectivity index (χ0n) is 25.7. The van der Waals surface area contributed by atoms with E-state index in [1.165, 1.54) is 30.6 Å². The van der Waals surface area contributed by atoms with Crippen molar-refractivity contribution in [1.82, 2.24) is 20.9 Å². The molecular formula is C31H32F2N6O8S. The lowest BCUT2D eigenvalue weighted by atomic mass is 10.1. The van der Waals surface area contributed by atoms with Crippen LogP contribution in [-0.2, 0) is 28.8 Å². The molecule has 14 nitrogen and oxygen atoms in total. The van der Waals surface area contributed by atoms with E-state index in [1.807, 2.05) is 18.2 Å². The second-order valence-electron chi connectivity index (χ2n) is 10.3. The molecule has 0 saturated carbocycles. The van der Waals surface area contributed by atoms with Crippen LogP contribution < -0.4 is 26.4 Å². The number of oxime groups is 1. The summed E-state index contributed by atoms with van der Waals surface area (Å²) in [6, 6.07) is 14.0. The number of halogens is 2. The van der Waals surface area contributed by atoms with E-state index < -0.39 is 60.9 Å². The van der Waals surface area contributed by atoms with Crippen LogP contribution in [0.2, 0.25) is 0 Å². The zero-order valence-corrected chi connectivity index (χ0v) is 26.5. The second kappa shape index (κ2) is 16.4. The number of likely N-dealkylation sites (tertiary alicyclic amines) is 1. The Morgan fingerprint density at radius 3 is 2.38 bits per heavy atom. The van der Waals surface area contributed by atoms with E-state index in [4.69, 9.17) is 10.5 Å². The third-order valence-electron chi connectivity index (χ3n) is 6.94. The van der Waals surface area contributed by atoms with Crippen LogP contribution in [0.5, 0.6) is 11.5 Å². The van der Waals surface area contributed by atoms with Crippen molar-refractivity contribution >= 4 is 46.8 Å². The molecule has 1 saturated heterocycles. The molecule has 1 aliphatic rings. The van der Waals surface area contributed by atoms with Gasteiger partial charge in [0.05, 0.1) is 12.6 Å². The molecule has 0 bridgehead atoms. The highest BCUT2D eigenvalue weighted by atomic mass is 32.1. The number of alkyl halides is 2. The number of thiophene rings is 1. The quantitative estimate of drug-likeness (QED) is 0.0904. The average Bonchev–Trinajstić information content (AvgIpc) is 3.73. The summed E-state index contributed by atoms with van der Waals surface area (Å²) in [6.45, 7) is -2.94. The first kappa shape index (κ1) is 35.4. The van der Waals surface area contributed by atoms with Gasteiger partial charge in [-0.15, -0.1) is 11.3 Å². The number of nitrogens with zero attached hydrogens (tertiary/aromatic N) is 2. The smallest absolute Gasteiger partial charge is 0.345 e. The van der Waals surface area contributed by atoms with Crippen LogP contribution in [0, 0.1) is 0 Å². The maximum absolute atomic E-state index is 13.5. The Balaban J connectivity index is 1.43. The molecule has 0 radical (unpaired) electrons. The third kappa shape index (κ3) is 9.55. The highest BCUT2D eigenvalue weighted by Gasteiger charge is 2.42. The molecule has 2 aromatic carbocycles. The number of nitrogens with one attached hydrogen (secondary N) is 3. The van der Waals surface area contributed by atoms with Crippen molar-refractivity contribution in [3.63, 3.8) is 0 Å². The topological polar surface area (TPSA) is 191 Å². The Morgan fingerprint density at radius 2 is 1.73 bits per heavy atom. The van der Waals surface area contributed by atoms with E-state index in [1.54, 1.807) is 24.3 Å². The normalized spacial score (nSPS) is 16.6. The van der Waals surface area contributed by atoms with Gasteiger partial charge < -0.3 is 40.9 Å². The van der Waals surface area contributed by atoms with E-state index in [0.29, 0.717) is 21.9 Å². The number of nitrogens with two attached hydrogens (primary N) is 1. The number of carbonyl (C=O) groups excluding carboxylic acids is 5. The maximum atomic E-state index is 13.5. The van der Waals surface area contributed by atoms with Gasteiger partial charge >= 0.3 is 12.6 Å². The lowest BCUT2D eigenvalue weighted by Crippen LogP contribution is -2.51. The number of likely N-dealkylation sites (N-methyl/N-ethyl adjacent to an activating group) is 1. The van der Waals surface area contributed by atoms with Crippen molar-refractivity contribution in [2.75, 3.05) is 20.1 Å². The van der Waals surface area contributed by atoms with Crippen molar-refractivity contribution in [3.05, 3.63) is 82.0 Å². The number of para-hydroxylation sites is 1. The van der Waals surface area contributed by atoms with Crippen molar-refractivity contribution in [2.24, 2.45) is 10.9 Å². The SMILES string of the molecule is CNC(=O)C(NC(=O)C1CC(OC(F)F)CN1C(=O)CNC(=O)c1ccc(Oc2ccccc2)cc1)c1cc(C(N)=NOC(C)=O)cs1. The monoisotopic (exact) mass is 686 g/mol. The van der Waals surface area contributed by atoms with Crippen LogP contribution in [-0.4, -0.2) is 79.2 Å². The fourth-order valence-electron chi connectivity index (χ4n) is 4.68. The summed E-state index contributed by atoms with van der Waals surface area (Å²) in [5, 5.41) is 12.5. The van der Waals surface area contributed by atoms with Crippen molar-refractivity contribution in [2.45, 2.75) is 38.1 Å². The molecule has 4 rings (SSSR count). The van der Waals surface area contributed by atoms with Gasteiger partial charge in [0, 0.05) is 48.3 Å². The standard InChI is InChI=1S/C31H32F2N6O8S/c1-17(40)47-38-27(34)19-12-24(48-16-19)26(30(44)35-2)37-29(43)23-13-22(46-31(32)33)15-39(23)25(41)14-36-28(42)18-8-10-21(11-9-18)45-20-6-4-3-5-7-20/h3-12,16,22-23,26,31H,13-15H2,1-2H3,(H2,34,38)(H,35,44)(H,36,42)(H,37,43). The Hall–Kier alpha value is -5.42. The fraction of sp³-hybridized carbons (Fsp3) is 0.290. The summed E-state index contributed by atoms with van der Waals surface area (Å²) in [7, 11) is 1.34. The molecule has 3 aromatic rings. The van der Waals surface area contributed by atoms with Crippen LogP contribution in [0.15, 0.2) is 71.2 Å². The van der Waals surface area contributed by atoms with Gasteiger partial charge in [-0.05, 0) is 42.5 Å². The zero-order chi connectivity index (χ0) is 34.8. The molecule has 3 atom stereocenters. The number of carbonyl (C=O) groups is 5.